The van der Waals surface area contributed by atoms with Crippen molar-refractivity contribution in [2.45, 2.75) is 31.9 Å². The molecule has 5 heteroatoms. The molecule has 0 amide bonds. The van der Waals surface area contributed by atoms with Crippen LogP contribution in [0.15, 0.2) is 0 Å². The van der Waals surface area contributed by atoms with Crippen LogP contribution in [0.2, 0.25) is 0 Å². The maximum Gasteiger partial charge on any atom is 0.153 e. The zero-order chi connectivity index (χ0) is 12.0. The Kier molecular flexibility index (Phi) is 5.72. The lowest BCUT2D eigenvalue weighted by Gasteiger charge is -2.22. The predicted molar refractivity (Wildman–Crippen MR) is 65.3 cm³/mol. The van der Waals surface area contributed by atoms with E-state index in [-0.39, 0.29) is 11.0 Å². The second-order valence-corrected chi connectivity index (χ2v) is 7.38. The number of hydrogen-bond donors (Lipinski definition) is 1. The highest BCUT2D eigenvalue weighted by Crippen LogP contribution is 2.11. The van der Waals surface area contributed by atoms with Crippen molar-refractivity contribution in [1.29, 1.82) is 0 Å². The van der Waals surface area contributed by atoms with Crippen molar-refractivity contribution in [3.63, 3.8) is 0 Å². The summed E-state index contributed by atoms with van der Waals surface area (Å²) in [5, 5.41) is 2.94. The largest absolute Gasteiger partial charge is 0.381 e. The van der Waals surface area contributed by atoms with Gasteiger partial charge in [-0.1, -0.05) is 0 Å². The fourth-order valence-corrected chi connectivity index (χ4v) is 2.62. The molecule has 1 saturated heterocycles. The van der Waals surface area contributed by atoms with Gasteiger partial charge in [0.05, 0.1) is 17.6 Å². The summed E-state index contributed by atoms with van der Waals surface area (Å²) in [6.07, 6.45) is 2.31. The quantitative estimate of drug-likeness (QED) is 0.708. The van der Waals surface area contributed by atoms with Crippen LogP contribution >= 0.6 is 0 Å². The molecule has 0 spiro atoms. The number of ether oxygens (including phenoxy) is 1. The Morgan fingerprint density at radius 1 is 1.44 bits per heavy atom. The number of sulfone groups is 1. The first-order valence-electron chi connectivity index (χ1n) is 6.02. The van der Waals surface area contributed by atoms with Gasteiger partial charge in [-0.15, -0.1) is 0 Å². The summed E-state index contributed by atoms with van der Waals surface area (Å²) >= 11 is 0. The average Bonchev–Trinajstić information content (AvgIpc) is 2.26. The topological polar surface area (TPSA) is 55.4 Å². The van der Waals surface area contributed by atoms with Gasteiger partial charge >= 0.3 is 0 Å². The lowest BCUT2D eigenvalue weighted by atomic mass is 10.0. The first-order valence-corrected chi connectivity index (χ1v) is 7.74. The number of rotatable bonds is 6. The van der Waals surface area contributed by atoms with Gasteiger partial charge in [-0.05, 0) is 32.6 Å². The Morgan fingerprint density at radius 2 is 2.19 bits per heavy atom. The van der Waals surface area contributed by atoms with Gasteiger partial charge in [-0.3, -0.25) is 0 Å². The van der Waals surface area contributed by atoms with E-state index in [0.29, 0.717) is 12.5 Å². The molecule has 0 radical (unpaired) electrons. The third-order valence-electron chi connectivity index (χ3n) is 2.97. The molecule has 0 bridgehead atoms. The minimum atomic E-state index is -2.89. The molecule has 1 fully saturated rings. The summed E-state index contributed by atoms with van der Waals surface area (Å²) < 4.78 is 28.4. The van der Waals surface area contributed by atoms with Gasteiger partial charge in [-0.25, -0.2) is 8.42 Å². The molecule has 4 nitrogen and oxygen atoms in total. The van der Waals surface area contributed by atoms with Crippen LogP contribution in [0, 0.1) is 5.92 Å². The Balaban J connectivity index is 2.11. The van der Waals surface area contributed by atoms with E-state index in [0.717, 1.165) is 26.2 Å². The van der Waals surface area contributed by atoms with Crippen LogP contribution < -0.4 is 5.32 Å². The molecule has 1 heterocycles. The molecule has 96 valence electrons. The molecule has 1 aliphatic heterocycles. The number of nitrogens with one attached hydrogen (secondary N) is 1. The fourth-order valence-electron chi connectivity index (χ4n) is 1.72. The molecule has 16 heavy (non-hydrogen) atoms. The fraction of sp³-hybridized carbons (Fsp3) is 1.00. The van der Waals surface area contributed by atoms with Crippen LogP contribution in [0.25, 0.3) is 0 Å². The molecule has 1 unspecified atom stereocenters. The Hall–Kier alpha value is -0.130. The molecular formula is C11H23NO3S. The van der Waals surface area contributed by atoms with Crippen LogP contribution in [-0.4, -0.2) is 45.7 Å². The van der Waals surface area contributed by atoms with E-state index in [1.165, 1.54) is 6.42 Å². The van der Waals surface area contributed by atoms with Gasteiger partial charge in [-0.2, -0.15) is 0 Å². The van der Waals surface area contributed by atoms with Crippen molar-refractivity contribution in [2.24, 2.45) is 5.92 Å². The van der Waals surface area contributed by atoms with E-state index in [1.54, 1.807) is 13.8 Å². The van der Waals surface area contributed by atoms with Crippen LogP contribution in [0.4, 0.5) is 0 Å². The lowest BCUT2D eigenvalue weighted by Crippen LogP contribution is -2.33. The van der Waals surface area contributed by atoms with Crippen LogP contribution in [0.1, 0.15) is 26.7 Å². The SMILES string of the molecule is CC(C)S(=O)(=O)CCNCC1CCCOC1. The normalized spacial score (nSPS) is 22.6. The molecule has 1 aliphatic rings. The molecule has 1 rings (SSSR count). The third kappa shape index (κ3) is 4.80. The van der Waals surface area contributed by atoms with Gasteiger partial charge in [0, 0.05) is 19.7 Å². The molecule has 0 aromatic carbocycles. The summed E-state index contributed by atoms with van der Waals surface area (Å²) in [4.78, 5) is 0. The van der Waals surface area contributed by atoms with E-state index >= 15 is 0 Å². The van der Waals surface area contributed by atoms with Gasteiger partial charge in [0.15, 0.2) is 9.84 Å². The van der Waals surface area contributed by atoms with Crippen LogP contribution in [0.5, 0.6) is 0 Å². The first-order chi connectivity index (χ1) is 7.52. The molecule has 0 saturated carbocycles. The van der Waals surface area contributed by atoms with Crippen molar-refractivity contribution < 1.29 is 13.2 Å². The summed E-state index contributed by atoms with van der Waals surface area (Å²) in [5.41, 5.74) is 0. The van der Waals surface area contributed by atoms with Gasteiger partial charge in [0.25, 0.3) is 0 Å². The summed E-state index contributed by atoms with van der Waals surface area (Å²) in [6, 6.07) is 0. The zero-order valence-electron chi connectivity index (χ0n) is 10.2. The third-order valence-corrected chi connectivity index (χ3v) is 5.18. The molecular weight excluding hydrogens is 226 g/mol. The highest BCUT2D eigenvalue weighted by atomic mass is 32.2. The minimum Gasteiger partial charge on any atom is -0.381 e. The standard InChI is InChI=1S/C11H23NO3S/c1-10(2)16(13,14)7-5-12-8-11-4-3-6-15-9-11/h10-12H,3-9H2,1-2H3. The van der Waals surface area contributed by atoms with Crippen molar-refractivity contribution in [1.82, 2.24) is 5.32 Å². The average molecular weight is 249 g/mol. The van der Waals surface area contributed by atoms with Crippen molar-refractivity contribution in [3.05, 3.63) is 0 Å². The van der Waals surface area contributed by atoms with E-state index < -0.39 is 9.84 Å². The van der Waals surface area contributed by atoms with Gasteiger partial charge in [0.2, 0.25) is 0 Å². The molecule has 0 aromatic heterocycles. The zero-order valence-corrected chi connectivity index (χ0v) is 11.1. The van der Waals surface area contributed by atoms with Crippen molar-refractivity contribution in [3.8, 4) is 0 Å². The monoisotopic (exact) mass is 249 g/mol. The summed E-state index contributed by atoms with van der Waals surface area (Å²) in [6.45, 7) is 6.56. The Morgan fingerprint density at radius 3 is 2.75 bits per heavy atom. The van der Waals surface area contributed by atoms with E-state index in [9.17, 15) is 8.42 Å². The van der Waals surface area contributed by atoms with E-state index in [2.05, 4.69) is 5.32 Å². The van der Waals surface area contributed by atoms with E-state index in [4.69, 9.17) is 4.74 Å². The minimum absolute atomic E-state index is 0.234. The highest BCUT2D eigenvalue weighted by Gasteiger charge is 2.16. The van der Waals surface area contributed by atoms with Crippen molar-refractivity contribution >= 4 is 9.84 Å². The van der Waals surface area contributed by atoms with E-state index in [1.807, 2.05) is 0 Å². The smallest absolute Gasteiger partial charge is 0.153 e. The van der Waals surface area contributed by atoms with Crippen molar-refractivity contribution in [2.75, 3.05) is 32.1 Å². The molecule has 0 aliphatic carbocycles. The highest BCUT2D eigenvalue weighted by molar-refractivity contribution is 7.92. The second-order valence-electron chi connectivity index (χ2n) is 4.70. The lowest BCUT2D eigenvalue weighted by molar-refractivity contribution is 0.0551. The summed E-state index contributed by atoms with van der Waals surface area (Å²) in [5.74, 6) is 0.786. The van der Waals surface area contributed by atoms with Gasteiger partial charge < -0.3 is 10.1 Å². The molecule has 0 aromatic rings. The molecule has 1 atom stereocenters. The van der Waals surface area contributed by atoms with Gasteiger partial charge in [0.1, 0.15) is 0 Å². The van der Waals surface area contributed by atoms with Crippen LogP contribution in [-0.2, 0) is 14.6 Å². The second kappa shape index (κ2) is 6.57. The molecule has 1 N–H and O–H groups in total. The predicted octanol–water partition coefficient (Wildman–Crippen LogP) is 0.826. The Labute approximate surface area is 98.7 Å². The number of hydrogen-bond acceptors (Lipinski definition) is 4. The Bertz CT molecular complexity index is 282. The van der Waals surface area contributed by atoms with Crippen LogP contribution in [0.3, 0.4) is 0 Å². The maximum atomic E-state index is 11.5. The maximum absolute atomic E-state index is 11.5. The summed E-state index contributed by atoms with van der Waals surface area (Å²) in [7, 11) is -2.89. The first kappa shape index (κ1) is 13.9.